The quantitative estimate of drug-likeness (QED) is 0.435. The van der Waals surface area contributed by atoms with Gasteiger partial charge >= 0.3 is 10.4 Å². The molecule has 0 amide bonds. The van der Waals surface area contributed by atoms with Crippen LogP contribution in [-0.2, 0) is 25.7 Å². The van der Waals surface area contributed by atoms with E-state index < -0.39 is 34.9 Å². The van der Waals surface area contributed by atoms with Crippen LogP contribution in [-0.4, -0.2) is 71.4 Å². The van der Waals surface area contributed by atoms with E-state index in [0.717, 1.165) is 5.56 Å². The zero-order valence-corrected chi connectivity index (χ0v) is 20.2. The number of benzene rings is 2. The minimum absolute atomic E-state index is 0.113. The molecule has 3 N–H and O–H groups in total. The molecule has 2 aromatic carbocycles. The monoisotopic (exact) mass is 500 g/mol. The van der Waals surface area contributed by atoms with Crippen LogP contribution in [0.15, 0.2) is 18.2 Å². The molecule has 0 aromatic heterocycles. The standard InChI is InChI=1S/C22H28O11S/c1-28-14-6-12-9-17(31-4)21(24)22(32-5)19(12)18(13(14)10-33-34(25,26)27)11-7-15(29-2)20(23)16(8-11)30-3/h7-9,13-14,18,23-24H,6,10H2,1-5H3,(H,25,26,27)/t13-,14+,18+/m0/s1. The van der Waals surface area contributed by atoms with E-state index >= 15 is 0 Å². The SMILES string of the molecule is COc1cc([C@H]2c3c(cc(OC)c(O)c3OC)C[C@@H](OC)[C@@H]2COS(=O)(=O)O)cc(OC)c1O. The lowest BCUT2D eigenvalue weighted by atomic mass is 9.70. The Kier molecular flexibility index (Phi) is 7.66. The number of rotatable bonds is 9. The van der Waals surface area contributed by atoms with Crippen LogP contribution >= 0.6 is 0 Å². The molecule has 0 heterocycles. The highest BCUT2D eigenvalue weighted by Gasteiger charge is 2.43. The molecule has 2 aromatic rings. The number of methoxy groups -OCH3 is 5. The van der Waals surface area contributed by atoms with Crippen molar-refractivity contribution in [3.63, 3.8) is 0 Å². The topological polar surface area (TPSA) is 150 Å². The van der Waals surface area contributed by atoms with Crippen LogP contribution in [0.25, 0.3) is 0 Å². The van der Waals surface area contributed by atoms with Crippen LogP contribution in [0, 0.1) is 5.92 Å². The summed E-state index contributed by atoms with van der Waals surface area (Å²) in [5.41, 5.74) is 1.78. The molecule has 0 saturated heterocycles. The molecule has 3 rings (SSSR count). The summed E-state index contributed by atoms with van der Waals surface area (Å²) in [7, 11) is 2.27. The van der Waals surface area contributed by atoms with Gasteiger partial charge in [0, 0.05) is 24.5 Å². The number of hydrogen-bond donors (Lipinski definition) is 3. The first-order valence-corrected chi connectivity index (χ1v) is 11.5. The summed E-state index contributed by atoms with van der Waals surface area (Å²) in [6, 6.07) is 4.78. The van der Waals surface area contributed by atoms with Crippen LogP contribution in [0.3, 0.4) is 0 Å². The van der Waals surface area contributed by atoms with Crippen molar-refractivity contribution < 1.29 is 51.1 Å². The minimum Gasteiger partial charge on any atom is -0.502 e. The Morgan fingerprint density at radius 3 is 1.91 bits per heavy atom. The first kappa shape index (κ1) is 25.7. The summed E-state index contributed by atoms with van der Waals surface area (Å²) >= 11 is 0. The number of ether oxygens (including phenoxy) is 5. The molecule has 0 unspecified atom stereocenters. The van der Waals surface area contributed by atoms with Crippen LogP contribution in [0.1, 0.15) is 22.6 Å². The Bertz CT molecular complexity index is 1120. The molecular weight excluding hydrogens is 472 g/mol. The molecule has 0 spiro atoms. The second kappa shape index (κ2) is 10.1. The number of aromatic hydroxyl groups is 2. The predicted molar refractivity (Wildman–Crippen MR) is 120 cm³/mol. The molecule has 11 nitrogen and oxygen atoms in total. The summed E-state index contributed by atoms with van der Waals surface area (Å²) in [6.45, 7) is -0.442. The third-order valence-electron chi connectivity index (χ3n) is 5.98. The lowest BCUT2D eigenvalue weighted by Gasteiger charge is -2.40. The molecule has 1 aliphatic rings. The number of fused-ring (bicyclic) bond motifs is 1. The van der Waals surface area contributed by atoms with Crippen molar-refractivity contribution in [3.05, 3.63) is 34.9 Å². The van der Waals surface area contributed by atoms with Gasteiger partial charge in [-0.3, -0.25) is 4.55 Å². The fourth-order valence-electron chi connectivity index (χ4n) is 4.49. The molecule has 3 atom stereocenters. The van der Waals surface area contributed by atoms with Crippen molar-refractivity contribution in [1.82, 2.24) is 0 Å². The third kappa shape index (κ3) is 4.80. The molecule has 0 aliphatic heterocycles. The largest absolute Gasteiger partial charge is 0.502 e. The van der Waals surface area contributed by atoms with Gasteiger partial charge < -0.3 is 33.9 Å². The summed E-state index contributed by atoms with van der Waals surface area (Å²) in [4.78, 5) is 0. The molecular formula is C22H28O11S. The van der Waals surface area contributed by atoms with Crippen molar-refractivity contribution >= 4 is 10.4 Å². The van der Waals surface area contributed by atoms with E-state index in [1.807, 2.05) is 0 Å². The van der Waals surface area contributed by atoms with E-state index in [4.69, 9.17) is 27.9 Å². The van der Waals surface area contributed by atoms with Gasteiger partial charge in [-0.25, -0.2) is 4.18 Å². The van der Waals surface area contributed by atoms with Gasteiger partial charge in [-0.15, -0.1) is 0 Å². The Morgan fingerprint density at radius 1 is 0.882 bits per heavy atom. The second-order valence-electron chi connectivity index (χ2n) is 7.64. The molecule has 0 radical (unpaired) electrons. The van der Waals surface area contributed by atoms with E-state index in [-0.39, 0.29) is 34.5 Å². The Balaban J connectivity index is 2.34. The molecule has 0 bridgehead atoms. The van der Waals surface area contributed by atoms with E-state index in [2.05, 4.69) is 0 Å². The zero-order chi connectivity index (χ0) is 25.2. The van der Waals surface area contributed by atoms with Crippen LogP contribution in [0.5, 0.6) is 34.5 Å². The van der Waals surface area contributed by atoms with Gasteiger partial charge in [0.1, 0.15) is 0 Å². The van der Waals surface area contributed by atoms with Crippen molar-refractivity contribution in [3.8, 4) is 34.5 Å². The van der Waals surface area contributed by atoms with Crippen molar-refractivity contribution in [2.24, 2.45) is 5.92 Å². The summed E-state index contributed by atoms with van der Waals surface area (Å²) in [6.07, 6.45) is -0.259. The van der Waals surface area contributed by atoms with Crippen LogP contribution < -0.4 is 18.9 Å². The van der Waals surface area contributed by atoms with Gasteiger partial charge in [0.15, 0.2) is 23.0 Å². The predicted octanol–water partition coefficient (Wildman–Crippen LogP) is 2.27. The number of phenolic OH excluding ortho intramolecular Hbond substituents is 2. The lowest BCUT2D eigenvalue weighted by molar-refractivity contribution is 0.0167. The van der Waals surface area contributed by atoms with E-state index in [1.165, 1.54) is 35.5 Å². The van der Waals surface area contributed by atoms with E-state index in [9.17, 15) is 23.2 Å². The lowest BCUT2D eigenvalue weighted by Crippen LogP contribution is -2.39. The summed E-state index contributed by atoms with van der Waals surface area (Å²) < 4.78 is 63.9. The maximum atomic E-state index is 11.4. The molecule has 188 valence electrons. The molecule has 0 fully saturated rings. The molecule has 12 heteroatoms. The first-order chi connectivity index (χ1) is 16.1. The maximum Gasteiger partial charge on any atom is 0.397 e. The smallest absolute Gasteiger partial charge is 0.397 e. The molecule has 1 aliphatic carbocycles. The number of phenols is 2. The Labute approximate surface area is 197 Å². The molecule has 0 saturated carbocycles. The van der Waals surface area contributed by atoms with E-state index in [0.29, 0.717) is 17.5 Å². The highest BCUT2D eigenvalue weighted by atomic mass is 32.3. The summed E-state index contributed by atoms with van der Waals surface area (Å²) in [5, 5.41) is 21.2. The van der Waals surface area contributed by atoms with Crippen LogP contribution in [0.2, 0.25) is 0 Å². The average molecular weight is 501 g/mol. The van der Waals surface area contributed by atoms with Gasteiger partial charge in [-0.1, -0.05) is 0 Å². The van der Waals surface area contributed by atoms with Crippen molar-refractivity contribution in [2.45, 2.75) is 18.4 Å². The fourth-order valence-corrected chi connectivity index (χ4v) is 4.82. The summed E-state index contributed by atoms with van der Waals surface area (Å²) in [5.74, 6) is -1.30. The average Bonchev–Trinajstić information content (AvgIpc) is 2.81. The van der Waals surface area contributed by atoms with Gasteiger partial charge in [-0.2, -0.15) is 8.42 Å². The van der Waals surface area contributed by atoms with Crippen molar-refractivity contribution in [1.29, 1.82) is 0 Å². The zero-order valence-electron chi connectivity index (χ0n) is 19.4. The fraction of sp³-hybridized carbons (Fsp3) is 0.455. The molecule has 34 heavy (non-hydrogen) atoms. The van der Waals surface area contributed by atoms with Gasteiger partial charge in [-0.05, 0) is 35.7 Å². The Hall–Kier alpha value is -2.93. The van der Waals surface area contributed by atoms with E-state index in [1.54, 1.807) is 18.2 Å². The normalized spacial score (nSPS) is 19.9. The highest BCUT2D eigenvalue weighted by Crippen LogP contribution is 2.53. The first-order valence-electron chi connectivity index (χ1n) is 10.2. The number of hydrogen-bond acceptors (Lipinski definition) is 10. The Morgan fingerprint density at radius 2 is 1.44 bits per heavy atom. The third-order valence-corrected chi connectivity index (χ3v) is 6.41. The van der Waals surface area contributed by atoms with Gasteiger partial charge in [0.25, 0.3) is 0 Å². The maximum absolute atomic E-state index is 11.4. The van der Waals surface area contributed by atoms with Crippen LogP contribution in [0.4, 0.5) is 0 Å². The van der Waals surface area contributed by atoms with Gasteiger partial charge in [0.05, 0.1) is 41.2 Å². The minimum atomic E-state index is -4.75. The van der Waals surface area contributed by atoms with Gasteiger partial charge in [0.2, 0.25) is 11.5 Å². The van der Waals surface area contributed by atoms with Crippen molar-refractivity contribution in [2.75, 3.05) is 42.2 Å². The highest BCUT2D eigenvalue weighted by molar-refractivity contribution is 7.80. The second-order valence-corrected chi connectivity index (χ2v) is 8.73.